The highest BCUT2D eigenvalue weighted by Gasteiger charge is 2.24. The van der Waals surface area contributed by atoms with Gasteiger partial charge in [-0.05, 0) is 48.4 Å². The Labute approximate surface area is 157 Å². The van der Waals surface area contributed by atoms with Crippen molar-refractivity contribution in [2.75, 3.05) is 11.9 Å². The van der Waals surface area contributed by atoms with E-state index in [0.717, 1.165) is 5.56 Å². The van der Waals surface area contributed by atoms with Gasteiger partial charge in [0.05, 0.1) is 13.0 Å². The lowest BCUT2D eigenvalue weighted by molar-refractivity contribution is -0.121. The number of hydrogen-bond donors (Lipinski definition) is 3. The molecule has 2 aromatic rings. The van der Waals surface area contributed by atoms with E-state index >= 15 is 0 Å². The van der Waals surface area contributed by atoms with Crippen LogP contribution in [0.5, 0.6) is 0 Å². The Hall–Kier alpha value is -2.63. The van der Waals surface area contributed by atoms with E-state index in [1.54, 1.807) is 55.5 Å². The van der Waals surface area contributed by atoms with Gasteiger partial charge in [-0.15, -0.1) is 0 Å². The van der Waals surface area contributed by atoms with Crippen molar-refractivity contribution in [3.63, 3.8) is 0 Å². The molecule has 2 rings (SSSR count). The lowest BCUT2D eigenvalue weighted by Gasteiger charge is -2.24. The first-order valence-electron chi connectivity index (χ1n) is 8.07. The number of rotatable bonds is 7. The Kier molecular flexibility index (Phi) is 6.55. The summed E-state index contributed by atoms with van der Waals surface area (Å²) in [4.78, 5) is 23.4. The van der Waals surface area contributed by atoms with Crippen molar-refractivity contribution in [1.29, 1.82) is 0 Å². The SMILES string of the molecule is C=CC(=O)Nc1ccc(CC(=O)NCC(C)(O)c2cccc(Cl)c2)cc1. The Morgan fingerprint density at radius 2 is 1.92 bits per heavy atom. The molecule has 0 aliphatic rings. The smallest absolute Gasteiger partial charge is 0.247 e. The Morgan fingerprint density at radius 1 is 1.23 bits per heavy atom. The maximum atomic E-state index is 12.1. The molecule has 0 aliphatic heterocycles. The molecule has 2 aromatic carbocycles. The third-order valence-corrected chi connectivity index (χ3v) is 4.08. The van der Waals surface area contributed by atoms with Crippen molar-refractivity contribution < 1.29 is 14.7 Å². The van der Waals surface area contributed by atoms with Crippen molar-refractivity contribution in [1.82, 2.24) is 5.32 Å². The second-order valence-corrected chi connectivity index (χ2v) is 6.56. The van der Waals surface area contributed by atoms with Gasteiger partial charge in [0.2, 0.25) is 11.8 Å². The summed E-state index contributed by atoms with van der Waals surface area (Å²) in [6.07, 6.45) is 1.36. The molecule has 136 valence electrons. The fraction of sp³-hybridized carbons (Fsp3) is 0.200. The summed E-state index contributed by atoms with van der Waals surface area (Å²) >= 11 is 5.94. The average molecular weight is 373 g/mol. The van der Waals surface area contributed by atoms with E-state index in [0.29, 0.717) is 16.3 Å². The van der Waals surface area contributed by atoms with Gasteiger partial charge < -0.3 is 15.7 Å². The van der Waals surface area contributed by atoms with Gasteiger partial charge >= 0.3 is 0 Å². The predicted molar refractivity (Wildman–Crippen MR) is 103 cm³/mol. The van der Waals surface area contributed by atoms with E-state index < -0.39 is 5.60 Å². The van der Waals surface area contributed by atoms with E-state index in [-0.39, 0.29) is 24.8 Å². The second kappa shape index (κ2) is 8.65. The molecule has 26 heavy (non-hydrogen) atoms. The Morgan fingerprint density at radius 3 is 2.54 bits per heavy atom. The van der Waals surface area contributed by atoms with E-state index in [2.05, 4.69) is 17.2 Å². The van der Waals surface area contributed by atoms with Crippen molar-refractivity contribution in [2.45, 2.75) is 18.9 Å². The van der Waals surface area contributed by atoms with Crippen LogP contribution >= 0.6 is 11.6 Å². The van der Waals surface area contributed by atoms with E-state index in [1.165, 1.54) is 6.08 Å². The highest BCUT2D eigenvalue weighted by Crippen LogP contribution is 2.22. The van der Waals surface area contributed by atoms with Crippen LogP contribution in [0, 0.1) is 0 Å². The molecule has 0 radical (unpaired) electrons. The molecule has 1 atom stereocenters. The summed E-state index contributed by atoms with van der Waals surface area (Å²) in [6.45, 7) is 5.08. The van der Waals surface area contributed by atoms with Gasteiger partial charge in [-0.1, -0.05) is 42.4 Å². The highest BCUT2D eigenvalue weighted by atomic mass is 35.5. The monoisotopic (exact) mass is 372 g/mol. The van der Waals surface area contributed by atoms with Crippen LogP contribution in [-0.4, -0.2) is 23.5 Å². The predicted octanol–water partition coefficient (Wildman–Crippen LogP) is 3.03. The molecule has 0 aromatic heterocycles. The number of halogens is 1. The van der Waals surface area contributed by atoms with Crippen molar-refractivity contribution in [3.8, 4) is 0 Å². The fourth-order valence-electron chi connectivity index (χ4n) is 2.34. The first-order chi connectivity index (χ1) is 12.3. The molecule has 0 saturated heterocycles. The van der Waals surface area contributed by atoms with Crippen LogP contribution in [0.25, 0.3) is 0 Å². The molecule has 0 heterocycles. The molecular weight excluding hydrogens is 352 g/mol. The third-order valence-electron chi connectivity index (χ3n) is 3.85. The summed E-state index contributed by atoms with van der Waals surface area (Å²) in [5, 5.41) is 16.4. The quantitative estimate of drug-likeness (QED) is 0.654. The molecule has 0 saturated carbocycles. The molecular formula is C20H21ClN2O3. The fourth-order valence-corrected chi connectivity index (χ4v) is 2.53. The van der Waals surface area contributed by atoms with Crippen LogP contribution in [0.4, 0.5) is 5.69 Å². The lowest BCUT2D eigenvalue weighted by Crippen LogP contribution is -2.39. The van der Waals surface area contributed by atoms with E-state index in [4.69, 9.17) is 11.6 Å². The van der Waals surface area contributed by atoms with Gasteiger partial charge in [-0.3, -0.25) is 9.59 Å². The van der Waals surface area contributed by atoms with Crippen LogP contribution < -0.4 is 10.6 Å². The summed E-state index contributed by atoms with van der Waals surface area (Å²) in [5.74, 6) is -0.506. The minimum absolute atomic E-state index is 0.0691. The van der Waals surface area contributed by atoms with E-state index in [1.807, 2.05) is 0 Å². The van der Waals surface area contributed by atoms with Gasteiger partial charge in [0.15, 0.2) is 0 Å². The van der Waals surface area contributed by atoms with Gasteiger partial charge in [0.25, 0.3) is 0 Å². The highest BCUT2D eigenvalue weighted by molar-refractivity contribution is 6.30. The summed E-state index contributed by atoms with van der Waals surface area (Å²) in [7, 11) is 0. The number of benzene rings is 2. The number of amides is 2. The molecule has 1 unspecified atom stereocenters. The largest absolute Gasteiger partial charge is 0.384 e. The number of carbonyl (C=O) groups excluding carboxylic acids is 2. The van der Waals surface area contributed by atoms with Crippen LogP contribution in [0.2, 0.25) is 5.02 Å². The standard InChI is InChI=1S/C20H21ClN2O3/c1-3-18(24)23-17-9-7-14(8-10-17)11-19(25)22-13-20(2,26)15-5-4-6-16(21)12-15/h3-10,12,26H,1,11,13H2,2H3,(H,22,25)(H,23,24). The molecule has 0 aliphatic carbocycles. The van der Waals surface area contributed by atoms with Gasteiger partial charge in [-0.2, -0.15) is 0 Å². The zero-order valence-corrected chi connectivity index (χ0v) is 15.2. The Bertz CT molecular complexity index is 801. The maximum Gasteiger partial charge on any atom is 0.247 e. The Balaban J connectivity index is 1.90. The molecule has 2 amide bonds. The van der Waals surface area contributed by atoms with Gasteiger partial charge in [-0.25, -0.2) is 0 Å². The number of aliphatic hydroxyl groups is 1. The minimum Gasteiger partial charge on any atom is -0.384 e. The summed E-state index contributed by atoms with van der Waals surface area (Å²) < 4.78 is 0. The number of nitrogens with one attached hydrogen (secondary N) is 2. The third kappa shape index (κ3) is 5.72. The normalized spacial score (nSPS) is 12.7. The minimum atomic E-state index is -1.22. The lowest BCUT2D eigenvalue weighted by atomic mass is 9.96. The molecule has 0 fully saturated rings. The van der Waals surface area contributed by atoms with Gasteiger partial charge in [0, 0.05) is 10.7 Å². The van der Waals surface area contributed by atoms with E-state index in [9.17, 15) is 14.7 Å². The molecule has 0 bridgehead atoms. The van der Waals surface area contributed by atoms with Crippen LogP contribution in [0.3, 0.4) is 0 Å². The molecule has 6 heteroatoms. The summed E-state index contributed by atoms with van der Waals surface area (Å²) in [6, 6.07) is 13.8. The first-order valence-corrected chi connectivity index (χ1v) is 8.45. The maximum absolute atomic E-state index is 12.1. The second-order valence-electron chi connectivity index (χ2n) is 6.13. The zero-order valence-electron chi connectivity index (χ0n) is 14.5. The van der Waals surface area contributed by atoms with Crippen LogP contribution in [0.1, 0.15) is 18.1 Å². The summed E-state index contributed by atoms with van der Waals surface area (Å²) in [5.41, 5.74) is 0.830. The first kappa shape index (κ1) is 19.7. The zero-order chi connectivity index (χ0) is 19.2. The van der Waals surface area contributed by atoms with Crippen LogP contribution in [-0.2, 0) is 21.6 Å². The van der Waals surface area contributed by atoms with Crippen molar-refractivity contribution >= 4 is 29.1 Å². The topological polar surface area (TPSA) is 78.4 Å². The van der Waals surface area contributed by atoms with Crippen molar-refractivity contribution in [2.24, 2.45) is 0 Å². The van der Waals surface area contributed by atoms with Crippen LogP contribution in [0.15, 0.2) is 61.2 Å². The van der Waals surface area contributed by atoms with Crippen molar-refractivity contribution in [3.05, 3.63) is 77.3 Å². The molecule has 0 spiro atoms. The number of hydrogen-bond acceptors (Lipinski definition) is 3. The van der Waals surface area contributed by atoms with Gasteiger partial charge in [0.1, 0.15) is 5.60 Å². The average Bonchev–Trinajstić information content (AvgIpc) is 2.61. The number of anilines is 1. The number of carbonyl (C=O) groups is 2. The molecule has 5 nitrogen and oxygen atoms in total. The molecule has 3 N–H and O–H groups in total.